The van der Waals surface area contributed by atoms with Gasteiger partial charge in [-0.05, 0) is 18.8 Å². The second kappa shape index (κ2) is 7.22. The molecule has 1 amide bonds. The minimum absolute atomic E-state index is 0.119. The molecule has 0 radical (unpaired) electrons. The molecule has 0 aromatic rings. The lowest BCUT2D eigenvalue weighted by atomic mass is 9.86. The predicted molar refractivity (Wildman–Crippen MR) is 72.8 cm³/mol. The van der Waals surface area contributed by atoms with Crippen molar-refractivity contribution in [1.82, 2.24) is 9.80 Å². The predicted octanol–water partition coefficient (Wildman–Crippen LogP) is 0.186. The highest BCUT2D eigenvalue weighted by Crippen LogP contribution is 2.25. The van der Waals surface area contributed by atoms with E-state index >= 15 is 0 Å². The number of carbonyl (C=O) groups is 1. The van der Waals surface area contributed by atoms with Crippen LogP contribution >= 0.6 is 0 Å². The molecule has 2 fully saturated rings. The lowest BCUT2D eigenvalue weighted by Crippen LogP contribution is -2.51. The number of β-amino-alcohol motifs (C(OH)–C–C–N with tert-alkyl or cyclic N) is 1. The number of aliphatic hydroxyl groups is 1. The Kier molecular flexibility index (Phi) is 5.60. The average Bonchev–Trinajstić information content (AvgIpc) is 2.48. The molecule has 5 heteroatoms. The lowest BCUT2D eigenvalue weighted by Gasteiger charge is -2.37. The van der Waals surface area contributed by atoms with Crippen molar-refractivity contribution in [3.05, 3.63) is 0 Å². The molecule has 2 aliphatic rings. The second-order valence-corrected chi connectivity index (χ2v) is 5.63. The van der Waals surface area contributed by atoms with Crippen molar-refractivity contribution in [3.63, 3.8) is 0 Å². The Morgan fingerprint density at radius 3 is 2.47 bits per heavy atom. The fraction of sp³-hybridized carbons (Fsp3) is 0.929. The summed E-state index contributed by atoms with van der Waals surface area (Å²) in [5.41, 5.74) is 0. The van der Waals surface area contributed by atoms with Gasteiger partial charge in [-0.25, -0.2) is 0 Å². The van der Waals surface area contributed by atoms with E-state index in [1.54, 1.807) is 0 Å². The summed E-state index contributed by atoms with van der Waals surface area (Å²) in [6.45, 7) is 7.94. The van der Waals surface area contributed by atoms with Crippen LogP contribution < -0.4 is 0 Å². The Labute approximate surface area is 115 Å². The summed E-state index contributed by atoms with van der Waals surface area (Å²) in [6, 6.07) is 0. The second-order valence-electron chi connectivity index (χ2n) is 5.63. The van der Waals surface area contributed by atoms with Crippen LogP contribution in [0.25, 0.3) is 0 Å². The number of aliphatic hydroxyl groups excluding tert-OH is 1. The molecule has 1 unspecified atom stereocenters. The smallest absolute Gasteiger partial charge is 0.225 e. The first kappa shape index (κ1) is 14.8. The molecule has 0 aliphatic carbocycles. The molecule has 110 valence electrons. The topological polar surface area (TPSA) is 53.0 Å². The first-order valence-corrected chi connectivity index (χ1v) is 7.42. The molecule has 0 bridgehead atoms. The first-order chi connectivity index (χ1) is 9.22. The van der Waals surface area contributed by atoms with E-state index < -0.39 is 0 Å². The van der Waals surface area contributed by atoms with E-state index in [9.17, 15) is 4.79 Å². The summed E-state index contributed by atoms with van der Waals surface area (Å²) >= 11 is 0. The Morgan fingerprint density at radius 2 is 1.89 bits per heavy atom. The summed E-state index contributed by atoms with van der Waals surface area (Å²) in [5.74, 6) is 0.903. The number of hydrogen-bond donors (Lipinski definition) is 1. The number of ether oxygens (including phenoxy) is 1. The SMILES string of the molecule is CC(C(=O)N1CCN(CCO)CC1)C1CCOCC1. The fourth-order valence-electron chi connectivity index (χ4n) is 3.04. The zero-order valence-corrected chi connectivity index (χ0v) is 11.9. The van der Waals surface area contributed by atoms with Crippen LogP contribution in [0.3, 0.4) is 0 Å². The quantitative estimate of drug-likeness (QED) is 0.792. The van der Waals surface area contributed by atoms with Gasteiger partial charge in [-0.15, -0.1) is 0 Å². The number of hydrogen-bond acceptors (Lipinski definition) is 4. The zero-order chi connectivity index (χ0) is 13.7. The van der Waals surface area contributed by atoms with Crippen LogP contribution in [0.4, 0.5) is 0 Å². The highest BCUT2D eigenvalue weighted by Gasteiger charge is 2.30. The van der Waals surface area contributed by atoms with E-state index in [0.717, 1.165) is 58.8 Å². The van der Waals surface area contributed by atoms with Gasteiger partial charge in [-0.3, -0.25) is 9.69 Å². The van der Waals surface area contributed by atoms with Crippen molar-refractivity contribution >= 4 is 5.91 Å². The third-order valence-corrected chi connectivity index (χ3v) is 4.46. The van der Waals surface area contributed by atoms with Crippen molar-refractivity contribution in [1.29, 1.82) is 0 Å². The van der Waals surface area contributed by atoms with Crippen molar-refractivity contribution in [3.8, 4) is 0 Å². The molecule has 1 atom stereocenters. The van der Waals surface area contributed by atoms with Crippen LogP contribution in [0.5, 0.6) is 0 Å². The highest BCUT2D eigenvalue weighted by molar-refractivity contribution is 5.79. The Morgan fingerprint density at radius 1 is 1.26 bits per heavy atom. The monoisotopic (exact) mass is 270 g/mol. The molecule has 2 rings (SSSR count). The van der Waals surface area contributed by atoms with Gasteiger partial charge < -0.3 is 14.7 Å². The van der Waals surface area contributed by atoms with Crippen molar-refractivity contribution in [2.24, 2.45) is 11.8 Å². The maximum absolute atomic E-state index is 12.5. The van der Waals surface area contributed by atoms with Gasteiger partial charge in [-0.1, -0.05) is 6.92 Å². The minimum atomic E-state index is 0.119. The third kappa shape index (κ3) is 3.91. The Bertz CT molecular complexity index is 284. The maximum atomic E-state index is 12.5. The molecular weight excluding hydrogens is 244 g/mol. The molecule has 0 saturated carbocycles. The van der Waals surface area contributed by atoms with Crippen LogP contribution in [0.2, 0.25) is 0 Å². The van der Waals surface area contributed by atoms with Crippen LogP contribution in [0, 0.1) is 11.8 Å². The number of rotatable bonds is 4. The molecule has 1 N–H and O–H groups in total. The van der Waals surface area contributed by atoms with Crippen molar-refractivity contribution in [2.45, 2.75) is 19.8 Å². The van der Waals surface area contributed by atoms with Crippen molar-refractivity contribution < 1.29 is 14.6 Å². The number of piperazine rings is 1. The van der Waals surface area contributed by atoms with Gasteiger partial charge in [0.15, 0.2) is 0 Å². The van der Waals surface area contributed by atoms with E-state index in [4.69, 9.17) is 9.84 Å². The summed E-state index contributed by atoms with van der Waals surface area (Å²) in [6.07, 6.45) is 2.02. The van der Waals surface area contributed by atoms with Gasteiger partial charge in [0.25, 0.3) is 0 Å². The van der Waals surface area contributed by atoms with E-state index in [1.165, 1.54) is 0 Å². The third-order valence-electron chi connectivity index (χ3n) is 4.46. The van der Waals surface area contributed by atoms with Crippen LogP contribution in [-0.4, -0.2) is 73.4 Å². The highest BCUT2D eigenvalue weighted by atomic mass is 16.5. The lowest BCUT2D eigenvalue weighted by molar-refractivity contribution is -0.139. The summed E-state index contributed by atoms with van der Waals surface area (Å²) in [4.78, 5) is 16.7. The number of nitrogens with zero attached hydrogens (tertiary/aromatic N) is 2. The molecule has 0 aromatic carbocycles. The van der Waals surface area contributed by atoms with E-state index in [-0.39, 0.29) is 12.5 Å². The largest absolute Gasteiger partial charge is 0.395 e. The van der Waals surface area contributed by atoms with Crippen LogP contribution in [-0.2, 0) is 9.53 Å². The Balaban J connectivity index is 1.79. The van der Waals surface area contributed by atoms with Gasteiger partial charge in [0.05, 0.1) is 6.61 Å². The molecule has 2 aliphatic heterocycles. The molecular formula is C14H26N2O3. The molecule has 2 heterocycles. The van der Waals surface area contributed by atoms with Gasteiger partial charge in [0.1, 0.15) is 0 Å². The first-order valence-electron chi connectivity index (χ1n) is 7.42. The standard InChI is InChI=1S/C14H26N2O3/c1-12(13-2-10-19-11-3-13)14(18)16-6-4-15(5-7-16)8-9-17/h12-13,17H,2-11H2,1H3. The molecule has 19 heavy (non-hydrogen) atoms. The summed E-state index contributed by atoms with van der Waals surface area (Å²) < 4.78 is 5.36. The van der Waals surface area contributed by atoms with Crippen molar-refractivity contribution in [2.75, 3.05) is 52.5 Å². The maximum Gasteiger partial charge on any atom is 0.225 e. The van der Waals surface area contributed by atoms with E-state index in [0.29, 0.717) is 11.8 Å². The van der Waals surface area contributed by atoms with Crippen LogP contribution in [0.1, 0.15) is 19.8 Å². The molecule has 0 spiro atoms. The fourth-order valence-corrected chi connectivity index (χ4v) is 3.04. The van der Waals surface area contributed by atoms with E-state index in [1.807, 2.05) is 4.90 Å². The normalized spacial score (nSPS) is 24.4. The van der Waals surface area contributed by atoms with Gasteiger partial charge in [0.2, 0.25) is 5.91 Å². The average molecular weight is 270 g/mol. The van der Waals surface area contributed by atoms with E-state index in [2.05, 4.69) is 11.8 Å². The molecule has 5 nitrogen and oxygen atoms in total. The molecule has 0 aromatic heterocycles. The zero-order valence-electron chi connectivity index (χ0n) is 11.9. The minimum Gasteiger partial charge on any atom is -0.395 e. The molecule has 2 saturated heterocycles. The van der Waals surface area contributed by atoms with Crippen LogP contribution in [0.15, 0.2) is 0 Å². The van der Waals surface area contributed by atoms with Gasteiger partial charge in [0, 0.05) is 51.9 Å². The Hall–Kier alpha value is -0.650. The number of amides is 1. The van der Waals surface area contributed by atoms with Gasteiger partial charge in [-0.2, -0.15) is 0 Å². The summed E-state index contributed by atoms with van der Waals surface area (Å²) in [5, 5.41) is 8.92. The summed E-state index contributed by atoms with van der Waals surface area (Å²) in [7, 11) is 0. The number of carbonyl (C=O) groups excluding carboxylic acids is 1. The van der Waals surface area contributed by atoms with Gasteiger partial charge >= 0.3 is 0 Å².